The van der Waals surface area contributed by atoms with Gasteiger partial charge < -0.3 is 5.32 Å². The fourth-order valence-electron chi connectivity index (χ4n) is 3.30. The summed E-state index contributed by atoms with van der Waals surface area (Å²) in [6.07, 6.45) is 0.523. The molecule has 1 aliphatic carbocycles. The first kappa shape index (κ1) is 20.6. The molecule has 1 aromatic carbocycles. The van der Waals surface area contributed by atoms with Crippen molar-refractivity contribution < 1.29 is 13.2 Å². The third kappa shape index (κ3) is 4.45. The molecule has 2 N–H and O–H groups in total. The molecule has 0 saturated heterocycles. The topological polar surface area (TPSA) is 66.5 Å². The number of hydrogen-bond acceptors (Lipinski definition) is 4. The van der Waals surface area contributed by atoms with Gasteiger partial charge in [0.25, 0.3) is 0 Å². The van der Waals surface area contributed by atoms with Crippen molar-refractivity contribution in [1.29, 1.82) is 0 Å². The lowest BCUT2D eigenvalue weighted by molar-refractivity contribution is -0.137. The van der Waals surface area contributed by atoms with Crippen LogP contribution in [0.4, 0.5) is 24.8 Å². The summed E-state index contributed by atoms with van der Waals surface area (Å²) >= 11 is 2.15. The monoisotopic (exact) mass is 501 g/mol. The van der Waals surface area contributed by atoms with E-state index in [0.717, 1.165) is 48.7 Å². The van der Waals surface area contributed by atoms with Crippen molar-refractivity contribution in [2.45, 2.75) is 31.9 Å². The van der Waals surface area contributed by atoms with Crippen molar-refractivity contribution >= 4 is 34.2 Å². The number of aryl methyl sites for hydroxylation is 1. The summed E-state index contributed by atoms with van der Waals surface area (Å²) in [5, 5.41) is 9.64. The van der Waals surface area contributed by atoms with Gasteiger partial charge >= 0.3 is 6.18 Å². The van der Waals surface area contributed by atoms with Crippen molar-refractivity contribution in [2.24, 2.45) is 0 Å². The van der Waals surface area contributed by atoms with E-state index in [2.05, 4.69) is 48.1 Å². The summed E-state index contributed by atoms with van der Waals surface area (Å²) in [5.41, 5.74) is 2.29. The van der Waals surface area contributed by atoms with E-state index in [0.29, 0.717) is 11.6 Å². The number of hydrogen-bond donors (Lipinski definition) is 2. The summed E-state index contributed by atoms with van der Waals surface area (Å²) in [7, 11) is 0. The van der Waals surface area contributed by atoms with E-state index in [1.54, 1.807) is 12.1 Å². The molecular formula is C19H19F3IN5. The minimum absolute atomic E-state index is 0.0778. The quantitative estimate of drug-likeness (QED) is 0.365. The molecular weight excluding hydrogens is 482 g/mol. The van der Waals surface area contributed by atoms with Gasteiger partial charge in [-0.1, -0.05) is 40.8 Å². The van der Waals surface area contributed by atoms with Crippen LogP contribution in [-0.2, 0) is 19.0 Å². The Labute approximate surface area is 174 Å². The van der Waals surface area contributed by atoms with Gasteiger partial charge in [-0.3, -0.25) is 4.98 Å². The van der Waals surface area contributed by atoms with Crippen molar-refractivity contribution in [3.05, 3.63) is 53.5 Å². The van der Waals surface area contributed by atoms with Crippen LogP contribution in [0.3, 0.4) is 0 Å². The SMILES string of the molecule is CI.FC(F)(F)c1ccccc1-c1cc(Nc2ncn[nH]2)c2c(n1)CCCC2. The van der Waals surface area contributed by atoms with E-state index in [4.69, 9.17) is 0 Å². The smallest absolute Gasteiger partial charge is 0.324 e. The van der Waals surface area contributed by atoms with E-state index in [9.17, 15) is 13.2 Å². The Bertz CT molecular complexity index is 926. The van der Waals surface area contributed by atoms with E-state index in [1.807, 2.05) is 4.93 Å². The van der Waals surface area contributed by atoms with E-state index < -0.39 is 11.7 Å². The minimum Gasteiger partial charge on any atom is -0.324 e. The van der Waals surface area contributed by atoms with Gasteiger partial charge in [0, 0.05) is 16.9 Å². The Balaban J connectivity index is 0.00000109. The number of alkyl halides is 4. The second kappa shape index (κ2) is 8.89. The van der Waals surface area contributed by atoms with E-state index in [-0.39, 0.29) is 5.56 Å². The molecule has 0 atom stereocenters. The third-order valence-electron chi connectivity index (χ3n) is 4.48. The van der Waals surface area contributed by atoms with Crippen molar-refractivity contribution in [3.8, 4) is 11.3 Å². The van der Waals surface area contributed by atoms with Crippen LogP contribution in [0.25, 0.3) is 11.3 Å². The molecule has 0 amide bonds. The summed E-state index contributed by atoms with van der Waals surface area (Å²) < 4.78 is 40.2. The Morgan fingerprint density at radius 1 is 1.11 bits per heavy atom. The number of rotatable bonds is 3. The number of benzene rings is 1. The first-order valence-electron chi connectivity index (χ1n) is 8.72. The second-order valence-electron chi connectivity index (χ2n) is 6.19. The number of nitrogens with zero attached hydrogens (tertiary/aromatic N) is 3. The maximum absolute atomic E-state index is 13.4. The predicted molar refractivity (Wildman–Crippen MR) is 111 cm³/mol. The number of nitrogens with one attached hydrogen (secondary N) is 2. The number of aromatic amines is 1. The Kier molecular flexibility index (Phi) is 6.53. The Morgan fingerprint density at radius 2 is 1.86 bits per heavy atom. The zero-order chi connectivity index (χ0) is 20.1. The number of fused-ring (bicyclic) bond motifs is 1. The normalized spacial score (nSPS) is 13.3. The van der Waals surface area contributed by atoms with Crippen LogP contribution in [0, 0.1) is 0 Å². The van der Waals surface area contributed by atoms with Crippen LogP contribution >= 0.6 is 22.6 Å². The molecule has 148 valence electrons. The van der Waals surface area contributed by atoms with Gasteiger partial charge in [-0.15, -0.1) is 0 Å². The maximum Gasteiger partial charge on any atom is 0.417 e. The lowest BCUT2D eigenvalue weighted by Gasteiger charge is -2.21. The molecule has 0 bridgehead atoms. The van der Waals surface area contributed by atoms with Gasteiger partial charge in [-0.25, -0.2) is 5.10 Å². The van der Waals surface area contributed by atoms with E-state index in [1.165, 1.54) is 18.5 Å². The number of anilines is 2. The van der Waals surface area contributed by atoms with Gasteiger partial charge in [-0.05, 0) is 48.3 Å². The summed E-state index contributed by atoms with van der Waals surface area (Å²) in [4.78, 5) is 10.6. The molecule has 4 rings (SSSR count). The predicted octanol–water partition coefficient (Wildman–Crippen LogP) is 5.56. The largest absolute Gasteiger partial charge is 0.417 e. The maximum atomic E-state index is 13.4. The van der Waals surface area contributed by atoms with Crippen LogP contribution < -0.4 is 5.32 Å². The summed E-state index contributed by atoms with van der Waals surface area (Å²) in [5.74, 6) is 0.444. The van der Waals surface area contributed by atoms with Crippen LogP contribution in [0.1, 0.15) is 29.7 Å². The lowest BCUT2D eigenvalue weighted by Crippen LogP contribution is -2.12. The molecule has 0 fully saturated rings. The average molecular weight is 501 g/mol. The highest BCUT2D eigenvalue weighted by atomic mass is 127. The third-order valence-corrected chi connectivity index (χ3v) is 4.48. The Morgan fingerprint density at radius 3 is 2.57 bits per heavy atom. The second-order valence-corrected chi connectivity index (χ2v) is 6.19. The van der Waals surface area contributed by atoms with Crippen molar-refractivity contribution in [2.75, 3.05) is 10.2 Å². The Hall–Kier alpha value is -2.17. The van der Waals surface area contributed by atoms with Gasteiger partial charge in [0.15, 0.2) is 0 Å². The average Bonchev–Trinajstić information content (AvgIpc) is 3.22. The molecule has 9 heteroatoms. The first-order chi connectivity index (χ1) is 13.5. The molecule has 2 aromatic heterocycles. The molecule has 0 unspecified atom stereocenters. The molecule has 0 aliphatic heterocycles. The fourth-order valence-corrected chi connectivity index (χ4v) is 3.30. The standard InChI is InChI=1S/C18H16F3N5.CH3I/c19-18(20,21)13-7-3-1-5-11(13)15-9-16(25-17-22-10-23-26-17)12-6-2-4-8-14(12)24-15;1-2/h1,3,5,7,9-10H,2,4,6,8H2,(H2,22,23,24,25,26);1H3. The zero-order valence-corrected chi connectivity index (χ0v) is 17.3. The number of aromatic nitrogens is 4. The van der Waals surface area contributed by atoms with E-state index >= 15 is 0 Å². The van der Waals surface area contributed by atoms with Gasteiger partial charge in [0.05, 0.1) is 11.3 Å². The van der Waals surface area contributed by atoms with Crippen molar-refractivity contribution in [3.63, 3.8) is 0 Å². The molecule has 5 nitrogen and oxygen atoms in total. The number of halogens is 4. The highest BCUT2D eigenvalue weighted by Crippen LogP contribution is 2.39. The lowest BCUT2D eigenvalue weighted by atomic mass is 9.92. The minimum atomic E-state index is -4.44. The number of H-pyrrole nitrogens is 1. The van der Waals surface area contributed by atoms with Crippen LogP contribution in [-0.4, -0.2) is 25.1 Å². The fraction of sp³-hybridized carbons (Fsp3) is 0.316. The molecule has 0 spiro atoms. The highest BCUT2D eigenvalue weighted by molar-refractivity contribution is 14.1. The first-order valence-corrected chi connectivity index (χ1v) is 10.9. The molecule has 3 aromatic rings. The molecule has 0 saturated carbocycles. The van der Waals surface area contributed by atoms with Gasteiger partial charge in [0.1, 0.15) is 6.33 Å². The van der Waals surface area contributed by atoms with Gasteiger partial charge in [0.2, 0.25) is 5.95 Å². The summed E-state index contributed by atoms with van der Waals surface area (Å²) in [6.45, 7) is 0. The highest BCUT2D eigenvalue weighted by Gasteiger charge is 2.34. The van der Waals surface area contributed by atoms with Crippen LogP contribution in [0.15, 0.2) is 36.7 Å². The van der Waals surface area contributed by atoms with Gasteiger partial charge in [-0.2, -0.15) is 23.3 Å². The molecule has 1 aliphatic rings. The zero-order valence-electron chi connectivity index (χ0n) is 15.1. The van der Waals surface area contributed by atoms with Crippen LogP contribution in [0.2, 0.25) is 0 Å². The molecule has 2 heterocycles. The molecule has 0 radical (unpaired) electrons. The summed E-state index contributed by atoms with van der Waals surface area (Å²) in [6, 6.07) is 7.18. The van der Waals surface area contributed by atoms with Crippen LogP contribution in [0.5, 0.6) is 0 Å². The number of pyridine rings is 1. The van der Waals surface area contributed by atoms with Crippen molar-refractivity contribution in [1.82, 2.24) is 20.2 Å². The molecule has 28 heavy (non-hydrogen) atoms.